The third-order valence-electron chi connectivity index (χ3n) is 4.10. The maximum absolute atomic E-state index is 12.5. The summed E-state index contributed by atoms with van der Waals surface area (Å²) < 4.78 is 1.33. The summed E-state index contributed by atoms with van der Waals surface area (Å²) >= 11 is 0. The molecule has 0 aliphatic carbocycles. The van der Waals surface area contributed by atoms with Crippen LogP contribution in [0.15, 0.2) is 59.7 Å². The first kappa shape index (κ1) is 16.9. The molecule has 6 heteroatoms. The van der Waals surface area contributed by atoms with E-state index < -0.39 is 17.1 Å². The summed E-state index contributed by atoms with van der Waals surface area (Å²) in [4.78, 5) is 29.0. The van der Waals surface area contributed by atoms with Crippen molar-refractivity contribution in [1.29, 1.82) is 0 Å². The van der Waals surface area contributed by atoms with Gasteiger partial charge in [0.15, 0.2) is 0 Å². The molecular weight excluding hydrogens is 318 g/mol. The highest BCUT2D eigenvalue weighted by Gasteiger charge is 2.24. The number of hydrogen-bond acceptors (Lipinski definition) is 4. The molecular formula is C19H19N3O3. The van der Waals surface area contributed by atoms with Crippen molar-refractivity contribution in [3.63, 3.8) is 0 Å². The molecule has 3 aromatic rings. The van der Waals surface area contributed by atoms with Crippen LogP contribution in [0.4, 0.5) is 0 Å². The number of amides is 1. The number of nitrogens with one attached hydrogen (secondary N) is 1. The van der Waals surface area contributed by atoms with Crippen LogP contribution < -0.4 is 10.9 Å². The van der Waals surface area contributed by atoms with E-state index in [4.69, 9.17) is 0 Å². The fourth-order valence-corrected chi connectivity index (χ4v) is 2.58. The van der Waals surface area contributed by atoms with Gasteiger partial charge in [0.25, 0.3) is 11.5 Å². The minimum Gasteiger partial charge on any atom is -0.384 e. The van der Waals surface area contributed by atoms with Gasteiger partial charge in [-0.05, 0) is 37.1 Å². The molecule has 0 aliphatic heterocycles. The molecule has 1 unspecified atom stereocenters. The molecule has 0 spiro atoms. The van der Waals surface area contributed by atoms with Gasteiger partial charge in [-0.1, -0.05) is 30.3 Å². The molecule has 0 aliphatic rings. The van der Waals surface area contributed by atoms with E-state index in [0.29, 0.717) is 11.2 Å². The van der Waals surface area contributed by atoms with Crippen molar-refractivity contribution in [2.45, 2.75) is 19.4 Å². The molecule has 25 heavy (non-hydrogen) atoms. The van der Waals surface area contributed by atoms with Gasteiger partial charge in [0, 0.05) is 12.4 Å². The summed E-state index contributed by atoms with van der Waals surface area (Å²) in [6.45, 7) is 3.49. The summed E-state index contributed by atoms with van der Waals surface area (Å²) in [6, 6.07) is 12.6. The van der Waals surface area contributed by atoms with Gasteiger partial charge in [-0.3, -0.25) is 14.0 Å². The summed E-state index contributed by atoms with van der Waals surface area (Å²) in [7, 11) is 0. The van der Waals surface area contributed by atoms with E-state index in [-0.39, 0.29) is 12.1 Å². The van der Waals surface area contributed by atoms with Crippen molar-refractivity contribution in [2.75, 3.05) is 6.54 Å². The van der Waals surface area contributed by atoms with Crippen LogP contribution in [0.2, 0.25) is 0 Å². The molecule has 128 valence electrons. The van der Waals surface area contributed by atoms with Crippen molar-refractivity contribution < 1.29 is 9.90 Å². The number of benzene rings is 1. The molecule has 0 saturated heterocycles. The van der Waals surface area contributed by atoms with Gasteiger partial charge in [-0.2, -0.15) is 0 Å². The van der Waals surface area contributed by atoms with Crippen LogP contribution in [0.3, 0.4) is 0 Å². The van der Waals surface area contributed by atoms with Gasteiger partial charge < -0.3 is 10.4 Å². The van der Waals surface area contributed by atoms with E-state index in [1.165, 1.54) is 10.6 Å². The lowest BCUT2D eigenvalue weighted by Crippen LogP contribution is -2.40. The maximum Gasteiger partial charge on any atom is 0.270 e. The molecule has 2 heterocycles. The van der Waals surface area contributed by atoms with Gasteiger partial charge in [0.05, 0.1) is 6.54 Å². The Hall–Kier alpha value is -2.99. The maximum atomic E-state index is 12.5. The number of rotatable bonds is 4. The van der Waals surface area contributed by atoms with E-state index in [1.807, 2.05) is 25.1 Å². The van der Waals surface area contributed by atoms with E-state index in [9.17, 15) is 14.7 Å². The normalized spacial score (nSPS) is 13.4. The van der Waals surface area contributed by atoms with Gasteiger partial charge in [0.1, 0.15) is 16.8 Å². The van der Waals surface area contributed by atoms with E-state index >= 15 is 0 Å². The molecule has 3 rings (SSSR count). The molecule has 0 saturated carbocycles. The highest BCUT2D eigenvalue weighted by Crippen LogP contribution is 2.19. The first-order valence-electron chi connectivity index (χ1n) is 7.92. The lowest BCUT2D eigenvalue weighted by atomic mass is 9.96. The second-order valence-electron chi connectivity index (χ2n) is 6.23. The van der Waals surface area contributed by atoms with Crippen molar-refractivity contribution in [3.8, 4) is 0 Å². The first-order chi connectivity index (χ1) is 11.9. The average Bonchev–Trinajstić information content (AvgIpc) is 2.61. The summed E-state index contributed by atoms with van der Waals surface area (Å²) in [6.07, 6.45) is 2.86. The number of carbonyl (C=O) groups excluding carboxylic acids is 1. The van der Waals surface area contributed by atoms with Crippen molar-refractivity contribution in [3.05, 3.63) is 81.9 Å². The molecule has 1 atom stereocenters. The van der Waals surface area contributed by atoms with Gasteiger partial charge in [-0.15, -0.1) is 0 Å². The van der Waals surface area contributed by atoms with Gasteiger partial charge >= 0.3 is 0 Å². The minimum atomic E-state index is -1.24. The van der Waals surface area contributed by atoms with Crippen LogP contribution in [0.25, 0.3) is 5.65 Å². The number of hydrogen-bond donors (Lipinski definition) is 2. The van der Waals surface area contributed by atoms with Crippen LogP contribution in [0.1, 0.15) is 28.4 Å². The van der Waals surface area contributed by atoms with Crippen molar-refractivity contribution in [1.82, 2.24) is 14.7 Å². The van der Waals surface area contributed by atoms with Crippen LogP contribution in [-0.4, -0.2) is 26.9 Å². The highest BCUT2D eigenvalue weighted by atomic mass is 16.3. The number of pyridine rings is 1. The number of aromatic nitrogens is 2. The standard InChI is InChI=1S/C19H19N3O3/c1-13-8-9-22-16(10-13)20-11-15(18(22)24)17(23)21-12-19(2,25)14-6-4-3-5-7-14/h3-11,25H,12H2,1-2H3,(H,21,23). The SMILES string of the molecule is Cc1ccn2c(=O)c(C(=O)NCC(C)(O)c3ccccc3)cnc2c1. The zero-order valence-corrected chi connectivity index (χ0v) is 14.1. The zero-order chi connectivity index (χ0) is 18.0. The Balaban J connectivity index is 1.82. The number of fused-ring (bicyclic) bond motifs is 1. The first-order valence-corrected chi connectivity index (χ1v) is 7.92. The Morgan fingerprint density at radius 1 is 1.28 bits per heavy atom. The van der Waals surface area contributed by atoms with E-state index in [1.54, 1.807) is 37.4 Å². The van der Waals surface area contributed by atoms with E-state index in [0.717, 1.165) is 5.56 Å². The molecule has 6 nitrogen and oxygen atoms in total. The third-order valence-corrected chi connectivity index (χ3v) is 4.10. The van der Waals surface area contributed by atoms with Crippen molar-refractivity contribution >= 4 is 11.6 Å². The van der Waals surface area contributed by atoms with Gasteiger partial charge in [-0.25, -0.2) is 4.98 Å². The van der Waals surface area contributed by atoms with Crippen LogP contribution >= 0.6 is 0 Å². The van der Waals surface area contributed by atoms with Crippen LogP contribution in [0.5, 0.6) is 0 Å². The number of aliphatic hydroxyl groups is 1. The molecule has 0 fully saturated rings. The highest BCUT2D eigenvalue weighted by molar-refractivity contribution is 5.93. The smallest absolute Gasteiger partial charge is 0.270 e. The lowest BCUT2D eigenvalue weighted by Gasteiger charge is -2.24. The largest absolute Gasteiger partial charge is 0.384 e. The van der Waals surface area contributed by atoms with Crippen molar-refractivity contribution in [2.24, 2.45) is 0 Å². The van der Waals surface area contributed by atoms with E-state index in [2.05, 4.69) is 10.3 Å². The Kier molecular flexibility index (Phi) is 4.37. The van der Waals surface area contributed by atoms with Crippen LogP contribution in [0, 0.1) is 6.92 Å². The fourth-order valence-electron chi connectivity index (χ4n) is 2.58. The lowest BCUT2D eigenvalue weighted by molar-refractivity contribution is 0.0526. The topological polar surface area (TPSA) is 83.7 Å². The Bertz CT molecular complexity index is 978. The second kappa shape index (κ2) is 6.49. The second-order valence-corrected chi connectivity index (χ2v) is 6.23. The summed E-state index contributed by atoms with van der Waals surface area (Å²) in [5.74, 6) is -0.566. The molecule has 2 aromatic heterocycles. The minimum absolute atomic E-state index is 0.0219. The predicted molar refractivity (Wildman–Crippen MR) is 94.5 cm³/mol. The molecule has 1 aromatic carbocycles. The molecule has 2 N–H and O–H groups in total. The Morgan fingerprint density at radius 2 is 2.00 bits per heavy atom. The number of nitrogens with zero attached hydrogens (tertiary/aromatic N) is 2. The summed E-state index contributed by atoms with van der Waals surface area (Å²) in [5.41, 5.74) is 0.390. The molecule has 0 radical (unpaired) electrons. The molecule has 1 amide bonds. The monoisotopic (exact) mass is 337 g/mol. The Morgan fingerprint density at radius 3 is 2.72 bits per heavy atom. The quantitative estimate of drug-likeness (QED) is 0.758. The fraction of sp³-hybridized carbons (Fsp3) is 0.211. The molecule has 0 bridgehead atoms. The zero-order valence-electron chi connectivity index (χ0n) is 14.1. The van der Waals surface area contributed by atoms with Crippen LogP contribution in [-0.2, 0) is 5.60 Å². The Labute approximate surface area is 144 Å². The van der Waals surface area contributed by atoms with Gasteiger partial charge in [0.2, 0.25) is 0 Å². The number of aryl methyl sites for hydroxylation is 1. The summed E-state index contributed by atoms with van der Waals surface area (Å²) in [5, 5.41) is 13.2. The average molecular weight is 337 g/mol. The third kappa shape index (κ3) is 3.44. The predicted octanol–water partition coefficient (Wildman–Crippen LogP) is 1.64. The number of carbonyl (C=O) groups is 1.